The molecule has 120 valence electrons. The number of benzene rings is 1. The summed E-state index contributed by atoms with van der Waals surface area (Å²) in [6.45, 7) is 2.01. The van der Waals surface area contributed by atoms with E-state index in [0.29, 0.717) is 30.9 Å². The zero-order chi connectivity index (χ0) is 16.4. The van der Waals surface area contributed by atoms with Crippen LogP contribution in [0.15, 0.2) is 34.9 Å². The van der Waals surface area contributed by atoms with Crippen LogP contribution in [0, 0.1) is 6.92 Å². The van der Waals surface area contributed by atoms with Crippen LogP contribution in [0.25, 0.3) is 11.3 Å². The highest BCUT2D eigenvalue weighted by Crippen LogP contribution is 2.35. The summed E-state index contributed by atoms with van der Waals surface area (Å²) in [6.07, 6.45) is 3.11. The van der Waals surface area contributed by atoms with Gasteiger partial charge in [-0.1, -0.05) is 29.8 Å². The molecule has 0 bridgehead atoms. The van der Waals surface area contributed by atoms with E-state index in [1.165, 1.54) is 0 Å². The van der Waals surface area contributed by atoms with E-state index in [2.05, 4.69) is 10.3 Å². The number of aromatic nitrogens is 1. The number of carboxylic acids is 1. The number of carbonyl (C=O) groups is 2. The molecule has 1 aromatic carbocycles. The van der Waals surface area contributed by atoms with Crippen LogP contribution >= 0.6 is 0 Å². The normalized spacial score (nSPS) is 15.2. The predicted molar refractivity (Wildman–Crippen MR) is 82.7 cm³/mol. The minimum atomic E-state index is -1.04. The number of carbonyl (C=O) groups excluding carboxylic acids is 1. The van der Waals surface area contributed by atoms with Crippen molar-refractivity contribution in [2.24, 2.45) is 0 Å². The Morgan fingerprint density at radius 3 is 2.61 bits per heavy atom. The molecule has 1 aliphatic carbocycles. The van der Waals surface area contributed by atoms with E-state index in [-0.39, 0.29) is 12.3 Å². The monoisotopic (exact) mass is 314 g/mol. The van der Waals surface area contributed by atoms with Crippen molar-refractivity contribution < 1.29 is 19.1 Å². The van der Waals surface area contributed by atoms with Gasteiger partial charge in [0, 0.05) is 18.4 Å². The maximum Gasteiger partial charge on any atom is 0.329 e. The second kappa shape index (κ2) is 5.87. The van der Waals surface area contributed by atoms with E-state index in [1.54, 1.807) is 6.20 Å². The Labute approximate surface area is 133 Å². The lowest BCUT2D eigenvalue weighted by molar-refractivity contribution is -0.143. The van der Waals surface area contributed by atoms with Crippen LogP contribution in [0.4, 0.5) is 0 Å². The van der Waals surface area contributed by atoms with Crippen LogP contribution in [0.2, 0.25) is 0 Å². The molecule has 0 atom stereocenters. The molecule has 0 radical (unpaired) electrons. The Kier molecular flexibility index (Phi) is 3.90. The van der Waals surface area contributed by atoms with Gasteiger partial charge in [-0.05, 0) is 19.8 Å². The zero-order valence-electron chi connectivity index (χ0n) is 12.8. The van der Waals surface area contributed by atoms with Crippen LogP contribution < -0.4 is 5.32 Å². The summed E-state index contributed by atoms with van der Waals surface area (Å²) in [6, 6.07) is 7.89. The molecule has 1 amide bonds. The lowest BCUT2D eigenvalue weighted by Gasteiger charge is -2.11. The first-order valence-corrected chi connectivity index (χ1v) is 7.55. The second-order valence-corrected chi connectivity index (χ2v) is 5.92. The minimum Gasteiger partial charge on any atom is -0.480 e. The van der Waals surface area contributed by atoms with Gasteiger partial charge in [-0.25, -0.2) is 9.78 Å². The molecule has 6 heteroatoms. The van der Waals surface area contributed by atoms with E-state index < -0.39 is 11.5 Å². The number of oxazole rings is 1. The fourth-order valence-electron chi connectivity index (χ4n) is 2.34. The Bertz CT molecular complexity index is 729. The van der Waals surface area contributed by atoms with Crippen molar-refractivity contribution in [2.45, 2.75) is 38.1 Å². The summed E-state index contributed by atoms with van der Waals surface area (Å²) < 4.78 is 5.65. The first kappa shape index (κ1) is 15.3. The smallest absolute Gasteiger partial charge is 0.329 e. The topological polar surface area (TPSA) is 92.4 Å². The number of aryl methyl sites for hydroxylation is 2. The van der Waals surface area contributed by atoms with E-state index in [9.17, 15) is 9.59 Å². The van der Waals surface area contributed by atoms with Crippen LogP contribution in [-0.4, -0.2) is 27.5 Å². The van der Waals surface area contributed by atoms with Crippen molar-refractivity contribution in [3.05, 3.63) is 41.9 Å². The minimum absolute atomic E-state index is 0.156. The highest BCUT2D eigenvalue weighted by atomic mass is 16.4. The summed E-state index contributed by atoms with van der Waals surface area (Å²) in [5, 5.41) is 11.6. The molecule has 0 spiro atoms. The van der Waals surface area contributed by atoms with Gasteiger partial charge in [-0.3, -0.25) is 4.79 Å². The molecule has 0 unspecified atom stereocenters. The number of nitrogens with one attached hydrogen (secondary N) is 1. The van der Waals surface area contributed by atoms with Crippen molar-refractivity contribution in [2.75, 3.05) is 0 Å². The Morgan fingerprint density at radius 2 is 2.00 bits per heavy atom. The average Bonchev–Trinajstić information content (AvgIpc) is 3.15. The SMILES string of the molecule is Cc1ccc(-c2cnc(CCC(=O)NC3(C(=O)O)CC3)o2)cc1. The van der Waals surface area contributed by atoms with Gasteiger partial charge in [0.05, 0.1) is 6.20 Å². The van der Waals surface area contributed by atoms with Crippen LogP contribution in [-0.2, 0) is 16.0 Å². The summed E-state index contributed by atoms with van der Waals surface area (Å²) in [5.41, 5.74) is 1.06. The molecule has 1 saturated carbocycles. The summed E-state index contributed by atoms with van der Waals surface area (Å²) in [7, 11) is 0. The van der Waals surface area contributed by atoms with Crippen molar-refractivity contribution in [3.63, 3.8) is 0 Å². The van der Waals surface area contributed by atoms with Crippen molar-refractivity contribution in [1.29, 1.82) is 0 Å². The number of hydrogen-bond acceptors (Lipinski definition) is 4. The standard InChI is InChI=1S/C17H18N2O4/c1-11-2-4-12(5-3-11)13-10-18-15(23-13)7-6-14(20)19-17(8-9-17)16(21)22/h2-5,10H,6-9H2,1H3,(H,19,20)(H,21,22). The first-order chi connectivity index (χ1) is 11.0. The molecule has 2 N–H and O–H groups in total. The summed E-state index contributed by atoms with van der Waals surface area (Å²) in [5.74, 6) is -0.135. The number of rotatable bonds is 6. The molecular formula is C17H18N2O4. The van der Waals surface area contributed by atoms with E-state index in [4.69, 9.17) is 9.52 Å². The zero-order valence-corrected chi connectivity index (χ0v) is 12.8. The number of aliphatic carboxylic acids is 1. The van der Waals surface area contributed by atoms with E-state index in [0.717, 1.165) is 11.1 Å². The largest absolute Gasteiger partial charge is 0.480 e. The van der Waals surface area contributed by atoms with Crippen LogP contribution in [0.5, 0.6) is 0 Å². The van der Waals surface area contributed by atoms with Crippen molar-refractivity contribution in [3.8, 4) is 11.3 Å². The molecule has 1 fully saturated rings. The maximum absolute atomic E-state index is 11.8. The molecule has 0 saturated heterocycles. The van der Waals surface area contributed by atoms with Crippen molar-refractivity contribution in [1.82, 2.24) is 10.3 Å². The van der Waals surface area contributed by atoms with Gasteiger partial charge in [0.1, 0.15) is 5.54 Å². The maximum atomic E-state index is 11.8. The average molecular weight is 314 g/mol. The highest BCUT2D eigenvalue weighted by molar-refractivity contribution is 5.89. The van der Waals surface area contributed by atoms with E-state index >= 15 is 0 Å². The third-order valence-electron chi connectivity index (χ3n) is 3.99. The third-order valence-corrected chi connectivity index (χ3v) is 3.99. The fourth-order valence-corrected chi connectivity index (χ4v) is 2.34. The van der Waals surface area contributed by atoms with Crippen molar-refractivity contribution >= 4 is 11.9 Å². The molecule has 0 aliphatic heterocycles. The number of nitrogens with zero attached hydrogens (tertiary/aromatic N) is 1. The van der Waals surface area contributed by atoms with Gasteiger partial charge in [0.2, 0.25) is 5.91 Å². The Balaban J connectivity index is 1.56. The van der Waals surface area contributed by atoms with Gasteiger partial charge < -0.3 is 14.8 Å². The van der Waals surface area contributed by atoms with Gasteiger partial charge in [0.25, 0.3) is 0 Å². The molecule has 1 aliphatic rings. The van der Waals surface area contributed by atoms with Gasteiger partial charge in [-0.2, -0.15) is 0 Å². The van der Waals surface area contributed by atoms with Gasteiger partial charge in [0.15, 0.2) is 11.7 Å². The third kappa shape index (κ3) is 3.41. The Hall–Kier alpha value is -2.63. The fraction of sp³-hybridized carbons (Fsp3) is 0.353. The van der Waals surface area contributed by atoms with Crippen LogP contribution in [0.1, 0.15) is 30.7 Å². The second-order valence-electron chi connectivity index (χ2n) is 5.92. The predicted octanol–water partition coefficient (Wildman–Crippen LogP) is 2.32. The molecule has 23 heavy (non-hydrogen) atoms. The van der Waals surface area contributed by atoms with Crippen LogP contribution in [0.3, 0.4) is 0 Å². The Morgan fingerprint density at radius 1 is 1.30 bits per heavy atom. The number of carboxylic acid groups (broad SMARTS) is 1. The lowest BCUT2D eigenvalue weighted by atomic mass is 10.1. The lowest BCUT2D eigenvalue weighted by Crippen LogP contribution is -2.43. The number of amides is 1. The number of hydrogen-bond donors (Lipinski definition) is 2. The summed E-state index contributed by atoms with van der Waals surface area (Å²) in [4.78, 5) is 27.0. The molecule has 3 rings (SSSR count). The van der Waals surface area contributed by atoms with E-state index in [1.807, 2.05) is 31.2 Å². The summed E-state index contributed by atoms with van der Waals surface area (Å²) >= 11 is 0. The molecule has 6 nitrogen and oxygen atoms in total. The van der Waals surface area contributed by atoms with Gasteiger partial charge in [-0.15, -0.1) is 0 Å². The molecule has 1 aromatic heterocycles. The quantitative estimate of drug-likeness (QED) is 0.853. The first-order valence-electron chi connectivity index (χ1n) is 7.55. The molecule has 2 aromatic rings. The highest BCUT2D eigenvalue weighted by Gasteiger charge is 2.51. The van der Waals surface area contributed by atoms with Gasteiger partial charge >= 0.3 is 5.97 Å². The molecule has 1 heterocycles. The molecular weight excluding hydrogens is 296 g/mol.